The number of nitrogens with one attached hydrogen (secondary N) is 1. The van der Waals surface area contributed by atoms with E-state index in [-0.39, 0.29) is 0 Å². The van der Waals surface area contributed by atoms with Crippen molar-refractivity contribution in [2.45, 2.75) is 6.92 Å². The standard InChI is InChI=1S/C9H10N4/c1-7-11-12-9(13(7)2)8-3-5-10-6-4-8/h3-6H,1-2H3/p+1. The molecular formula is C9H11N4+. The summed E-state index contributed by atoms with van der Waals surface area (Å²) in [6.07, 6.45) is 3.53. The first kappa shape index (κ1) is 8.07. The van der Waals surface area contributed by atoms with E-state index >= 15 is 0 Å². The van der Waals surface area contributed by atoms with Crippen molar-refractivity contribution in [3.8, 4) is 0 Å². The van der Waals surface area contributed by atoms with Gasteiger partial charge in [0.25, 0.3) is 5.84 Å². The molecule has 0 bridgehead atoms. The molecular weight excluding hydrogens is 164 g/mol. The summed E-state index contributed by atoms with van der Waals surface area (Å²) >= 11 is 0. The Bertz CT molecular complexity index is 366. The van der Waals surface area contributed by atoms with Gasteiger partial charge in [-0.25, -0.2) is 4.90 Å². The fourth-order valence-corrected chi connectivity index (χ4v) is 1.23. The molecule has 4 nitrogen and oxygen atoms in total. The normalized spacial score (nSPS) is 21.2. The zero-order chi connectivity index (χ0) is 9.26. The Hall–Kier alpha value is -1.55. The molecule has 0 aliphatic carbocycles. The predicted molar refractivity (Wildman–Crippen MR) is 50.8 cm³/mol. The van der Waals surface area contributed by atoms with Crippen LogP contribution in [-0.4, -0.2) is 23.7 Å². The van der Waals surface area contributed by atoms with Gasteiger partial charge >= 0.3 is 0 Å². The molecule has 13 heavy (non-hydrogen) atoms. The molecule has 0 spiro atoms. The molecule has 0 amide bonds. The molecule has 2 rings (SSSR count). The summed E-state index contributed by atoms with van der Waals surface area (Å²) in [5.74, 6) is 1.95. The molecule has 1 aromatic rings. The molecule has 0 aromatic carbocycles. The highest BCUT2D eigenvalue weighted by atomic mass is 15.4. The number of rotatable bonds is 1. The topological polar surface area (TPSA) is 42.0 Å². The van der Waals surface area contributed by atoms with E-state index in [9.17, 15) is 0 Å². The maximum absolute atomic E-state index is 4.11. The van der Waals surface area contributed by atoms with Gasteiger partial charge < -0.3 is 0 Å². The quantitative estimate of drug-likeness (QED) is 0.625. The molecule has 1 atom stereocenters. The third kappa shape index (κ3) is 1.36. The summed E-state index contributed by atoms with van der Waals surface area (Å²) in [4.78, 5) is 5.10. The first-order chi connectivity index (χ1) is 6.29. The van der Waals surface area contributed by atoms with Crippen LogP contribution in [0.4, 0.5) is 0 Å². The van der Waals surface area contributed by atoms with Crippen molar-refractivity contribution in [2.24, 2.45) is 10.2 Å². The lowest BCUT2D eigenvalue weighted by Gasteiger charge is -2.06. The van der Waals surface area contributed by atoms with Gasteiger partial charge in [0, 0.05) is 19.3 Å². The first-order valence-corrected chi connectivity index (χ1v) is 4.16. The largest absolute Gasteiger partial charge is 0.265 e. The van der Waals surface area contributed by atoms with E-state index in [0.717, 1.165) is 22.1 Å². The van der Waals surface area contributed by atoms with Gasteiger partial charge in [0.2, 0.25) is 5.84 Å². The van der Waals surface area contributed by atoms with Crippen LogP contribution in [0.1, 0.15) is 12.5 Å². The number of amidine groups is 2. The van der Waals surface area contributed by atoms with Crippen molar-refractivity contribution in [3.05, 3.63) is 30.1 Å². The van der Waals surface area contributed by atoms with Crippen LogP contribution in [-0.2, 0) is 0 Å². The van der Waals surface area contributed by atoms with Crippen LogP contribution in [0.25, 0.3) is 0 Å². The van der Waals surface area contributed by atoms with Gasteiger partial charge in [0.05, 0.1) is 12.6 Å². The average molecular weight is 175 g/mol. The maximum Gasteiger partial charge on any atom is 0.258 e. The summed E-state index contributed by atoms with van der Waals surface area (Å²) in [6.45, 7) is 1.97. The average Bonchev–Trinajstić information content (AvgIpc) is 2.49. The smallest absolute Gasteiger partial charge is 0.258 e. The molecule has 4 heteroatoms. The van der Waals surface area contributed by atoms with Gasteiger partial charge in [-0.05, 0) is 12.1 Å². The number of aromatic nitrogens is 1. The predicted octanol–water partition coefficient (Wildman–Crippen LogP) is -0.310. The summed E-state index contributed by atoms with van der Waals surface area (Å²) < 4.78 is 0. The Morgan fingerprint density at radius 1 is 1.15 bits per heavy atom. The summed E-state index contributed by atoms with van der Waals surface area (Å²) in [6, 6.07) is 3.88. The first-order valence-electron chi connectivity index (χ1n) is 4.16. The van der Waals surface area contributed by atoms with Gasteiger partial charge in [-0.2, -0.15) is 0 Å². The van der Waals surface area contributed by atoms with Crippen LogP contribution in [0.2, 0.25) is 0 Å². The molecule has 1 N–H and O–H groups in total. The molecule has 1 unspecified atom stereocenters. The van der Waals surface area contributed by atoms with E-state index in [2.05, 4.69) is 15.2 Å². The molecule has 2 heterocycles. The van der Waals surface area contributed by atoms with Crippen molar-refractivity contribution >= 4 is 11.7 Å². The van der Waals surface area contributed by atoms with Crippen LogP contribution in [0.3, 0.4) is 0 Å². The molecule has 1 aliphatic heterocycles. The van der Waals surface area contributed by atoms with E-state index in [4.69, 9.17) is 0 Å². The summed E-state index contributed by atoms with van der Waals surface area (Å²) in [5.41, 5.74) is 1.08. The van der Waals surface area contributed by atoms with Crippen LogP contribution in [0.15, 0.2) is 34.7 Å². The summed E-state index contributed by atoms with van der Waals surface area (Å²) in [5, 5.41) is 8.13. The second-order valence-electron chi connectivity index (χ2n) is 2.99. The third-order valence-electron chi connectivity index (χ3n) is 2.15. The summed E-state index contributed by atoms with van der Waals surface area (Å²) in [7, 11) is 2.03. The van der Waals surface area contributed by atoms with Gasteiger partial charge in [0.15, 0.2) is 0 Å². The molecule has 0 fully saturated rings. The number of pyridine rings is 1. The Morgan fingerprint density at radius 2 is 1.85 bits per heavy atom. The fourth-order valence-electron chi connectivity index (χ4n) is 1.23. The van der Waals surface area contributed by atoms with Crippen LogP contribution >= 0.6 is 0 Å². The van der Waals surface area contributed by atoms with E-state index in [0.29, 0.717) is 0 Å². The van der Waals surface area contributed by atoms with Crippen LogP contribution in [0.5, 0.6) is 0 Å². The van der Waals surface area contributed by atoms with Crippen molar-refractivity contribution in [1.29, 1.82) is 0 Å². The molecule has 0 radical (unpaired) electrons. The minimum Gasteiger partial charge on any atom is -0.265 e. The second kappa shape index (κ2) is 3.06. The molecule has 0 saturated carbocycles. The fraction of sp³-hybridized carbons (Fsp3) is 0.222. The van der Waals surface area contributed by atoms with Crippen molar-refractivity contribution < 1.29 is 4.90 Å². The van der Waals surface area contributed by atoms with Gasteiger partial charge in [-0.3, -0.25) is 4.98 Å². The van der Waals surface area contributed by atoms with E-state index in [1.165, 1.54) is 0 Å². The van der Waals surface area contributed by atoms with Gasteiger partial charge in [0.1, 0.15) is 0 Å². The number of hydrogen-bond acceptors (Lipinski definition) is 3. The SMILES string of the molecule is CC1=NN=C(c2ccncc2)[NH+]1C. The van der Waals surface area contributed by atoms with E-state index in [1.807, 2.05) is 26.1 Å². The molecule has 1 aliphatic rings. The van der Waals surface area contributed by atoms with Crippen molar-refractivity contribution in [3.63, 3.8) is 0 Å². The third-order valence-corrected chi connectivity index (χ3v) is 2.15. The molecule has 1 aromatic heterocycles. The minimum absolute atomic E-state index is 0.958. The lowest BCUT2D eigenvalue weighted by Crippen LogP contribution is -3.12. The minimum atomic E-state index is 0.958. The number of hydrogen-bond donors (Lipinski definition) is 1. The zero-order valence-corrected chi connectivity index (χ0v) is 7.65. The Labute approximate surface area is 76.6 Å². The number of quaternary nitrogens is 1. The Morgan fingerprint density at radius 3 is 2.38 bits per heavy atom. The molecule has 0 saturated heterocycles. The van der Waals surface area contributed by atoms with Crippen LogP contribution < -0.4 is 4.90 Å². The van der Waals surface area contributed by atoms with Gasteiger partial charge in [-0.15, -0.1) is 0 Å². The highest BCUT2D eigenvalue weighted by molar-refractivity contribution is 5.99. The van der Waals surface area contributed by atoms with Crippen LogP contribution in [0, 0.1) is 0 Å². The Kier molecular flexibility index (Phi) is 1.90. The Balaban J connectivity index is 2.32. The van der Waals surface area contributed by atoms with E-state index < -0.39 is 0 Å². The highest BCUT2D eigenvalue weighted by Crippen LogP contribution is 1.98. The lowest BCUT2D eigenvalue weighted by molar-refractivity contribution is -0.671. The monoisotopic (exact) mass is 175 g/mol. The molecule has 66 valence electrons. The van der Waals surface area contributed by atoms with Crippen molar-refractivity contribution in [1.82, 2.24) is 4.98 Å². The maximum atomic E-state index is 4.11. The number of nitrogens with zero attached hydrogens (tertiary/aromatic N) is 3. The van der Waals surface area contributed by atoms with Gasteiger partial charge in [-0.1, -0.05) is 10.2 Å². The second-order valence-corrected chi connectivity index (χ2v) is 2.99. The van der Waals surface area contributed by atoms with Crippen molar-refractivity contribution in [2.75, 3.05) is 7.05 Å². The zero-order valence-electron chi connectivity index (χ0n) is 7.65. The highest BCUT2D eigenvalue weighted by Gasteiger charge is 2.23. The van der Waals surface area contributed by atoms with E-state index in [1.54, 1.807) is 12.4 Å². The lowest BCUT2D eigenvalue weighted by atomic mass is 10.2.